The van der Waals surface area contributed by atoms with Crippen molar-refractivity contribution in [3.8, 4) is 0 Å². The van der Waals surface area contributed by atoms with Gasteiger partial charge in [0.1, 0.15) is 5.82 Å². The molecule has 0 fully saturated rings. The van der Waals surface area contributed by atoms with E-state index in [2.05, 4.69) is 10.6 Å². The molecule has 7 nitrogen and oxygen atoms in total. The normalized spacial score (nSPS) is 11.1. The number of furan rings is 1. The number of carbonyl (C=O) groups excluding carboxylic acids is 2. The molecule has 0 spiro atoms. The van der Waals surface area contributed by atoms with Gasteiger partial charge in [-0.25, -0.2) is 12.8 Å². The number of sulfone groups is 1. The molecule has 1 heterocycles. The van der Waals surface area contributed by atoms with E-state index in [4.69, 9.17) is 4.42 Å². The number of hydrogen-bond donors (Lipinski definition) is 2. The second kappa shape index (κ2) is 8.27. The van der Waals surface area contributed by atoms with E-state index in [0.29, 0.717) is 0 Å². The molecule has 2 N–H and O–H groups in total. The number of amides is 2. The summed E-state index contributed by atoms with van der Waals surface area (Å²) in [6.45, 7) is 0. The molecule has 29 heavy (non-hydrogen) atoms. The average molecular weight is 416 g/mol. The molecular formula is C20H17FN2O5S. The molecule has 0 aliphatic carbocycles. The standard InChI is InChI=1S/C20H17FN2O5S/c1-29(26,27)19-10-9-17(28-19)20(25)22-14-7-8-15(21)16(12-14)23-18(24)11-13-5-3-2-4-6-13/h2-10,12H,11H2,1H3,(H,22,25)(H,23,24). The summed E-state index contributed by atoms with van der Waals surface area (Å²) >= 11 is 0. The molecule has 0 unspecified atom stereocenters. The second-order valence-corrected chi connectivity index (χ2v) is 8.20. The van der Waals surface area contributed by atoms with Crippen molar-refractivity contribution >= 4 is 33.0 Å². The van der Waals surface area contributed by atoms with Crippen molar-refractivity contribution in [2.45, 2.75) is 11.5 Å². The topological polar surface area (TPSA) is 105 Å². The fraction of sp³-hybridized carbons (Fsp3) is 0.100. The van der Waals surface area contributed by atoms with Crippen molar-refractivity contribution in [1.82, 2.24) is 0 Å². The highest BCUT2D eigenvalue weighted by Crippen LogP contribution is 2.21. The van der Waals surface area contributed by atoms with Gasteiger partial charge in [-0.2, -0.15) is 0 Å². The Morgan fingerprint density at radius 2 is 1.72 bits per heavy atom. The number of rotatable bonds is 6. The molecule has 1 aromatic heterocycles. The van der Waals surface area contributed by atoms with Gasteiger partial charge in [-0.1, -0.05) is 30.3 Å². The zero-order chi connectivity index (χ0) is 21.0. The number of carbonyl (C=O) groups is 2. The molecule has 2 amide bonds. The lowest BCUT2D eigenvalue weighted by atomic mass is 10.1. The van der Waals surface area contributed by atoms with E-state index in [0.717, 1.165) is 17.9 Å². The summed E-state index contributed by atoms with van der Waals surface area (Å²) in [7, 11) is -3.58. The molecule has 9 heteroatoms. The van der Waals surface area contributed by atoms with Crippen LogP contribution in [-0.4, -0.2) is 26.5 Å². The van der Waals surface area contributed by atoms with Crippen LogP contribution in [0.25, 0.3) is 0 Å². The summed E-state index contributed by atoms with van der Waals surface area (Å²) in [5, 5.41) is 4.60. The minimum atomic E-state index is -3.58. The first-order valence-electron chi connectivity index (χ1n) is 8.47. The Balaban J connectivity index is 1.70. The molecule has 2 aromatic carbocycles. The Morgan fingerprint density at radius 1 is 1.00 bits per heavy atom. The van der Waals surface area contributed by atoms with Crippen molar-refractivity contribution < 1.29 is 26.8 Å². The predicted molar refractivity (Wildman–Crippen MR) is 105 cm³/mol. The third-order valence-electron chi connectivity index (χ3n) is 3.88. The van der Waals surface area contributed by atoms with E-state index in [1.54, 1.807) is 24.3 Å². The summed E-state index contributed by atoms with van der Waals surface area (Å²) in [6.07, 6.45) is 1.02. The summed E-state index contributed by atoms with van der Waals surface area (Å²) in [5.74, 6) is -2.01. The van der Waals surface area contributed by atoms with Crippen LogP contribution in [0.2, 0.25) is 0 Å². The van der Waals surface area contributed by atoms with Crippen molar-refractivity contribution in [3.63, 3.8) is 0 Å². The summed E-state index contributed by atoms with van der Waals surface area (Å²) in [5.41, 5.74) is 0.873. The van der Waals surface area contributed by atoms with Crippen LogP contribution in [-0.2, 0) is 21.1 Å². The van der Waals surface area contributed by atoms with E-state index in [-0.39, 0.29) is 28.6 Å². The van der Waals surface area contributed by atoms with Crippen LogP contribution in [0.15, 0.2) is 70.2 Å². The van der Waals surface area contributed by atoms with Crippen LogP contribution < -0.4 is 10.6 Å². The minimum Gasteiger partial charge on any atom is -0.440 e. The van der Waals surface area contributed by atoms with Gasteiger partial charge in [0.2, 0.25) is 20.8 Å². The van der Waals surface area contributed by atoms with Gasteiger partial charge in [0.05, 0.1) is 12.1 Å². The van der Waals surface area contributed by atoms with Gasteiger partial charge in [0, 0.05) is 11.9 Å². The molecule has 0 atom stereocenters. The van der Waals surface area contributed by atoms with Crippen LogP contribution in [0.5, 0.6) is 0 Å². The quantitative estimate of drug-likeness (QED) is 0.642. The summed E-state index contributed by atoms with van der Waals surface area (Å²) in [4.78, 5) is 24.4. The minimum absolute atomic E-state index is 0.0670. The van der Waals surface area contributed by atoms with E-state index >= 15 is 0 Å². The lowest BCUT2D eigenvalue weighted by molar-refractivity contribution is -0.115. The predicted octanol–water partition coefficient (Wildman–Crippen LogP) is 3.26. The van der Waals surface area contributed by atoms with Crippen molar-refractivity contribution in [3.05, 3.63) is 77.8 Å². The first kappa shape index (κ1) is 20.3. The smallest absolute Gasteiger partial charge is 0.291 e. The molecule has 3 aromatic rings. The molecule has 150 valence electrons. The molecule has 0 aliphatic rings. The largest absolute Gasteiger partial charge is 0.440 e. The van der Waals surface area contributed by atoms with Gasteiger partial charge in [-0.05, 0) is 35.9 Å². The van der Waals surface area contributed by atoms with Crippen LogP contribution in [0.3, 0.4) is 0 Å². The van der Waals surface area contributed by atoms with Crippen molar-refractivity contribution in [1.29, 1.82) is 0 Å². The van der Waals surface area contributed by atoms with Crippen LogP contribution in [0.4, 0.5) is 15.8 Å². The molecule has 0 bridgehead atoms. The van der Waals surface area contributed by atoms with E-state index in [9.17, 15) is 22.4 Å². The van der Waals surface area contributed by atoms with Crippen molar-refractivity contribution in [2.75, 3.05) is 16.9 Å². The highest BCUT2D eigenvalue weighted by atomic mass is 32.2. The lowest BCUT2D eigenvalue weighted by Gasteiger charge is -2.09. The zero-order valence-electron chi connectivity index (χ0n) is 15.3. The first-order chi connectivity index (χ1) is 13.7. The Bertz CT molecular complexity index is 1160. The number of hydrogen-bond acceptors (Lipinski definition) is 5. The lowest BCUT2D eigenvalue weighted by Crippen LogP contribution is -2.16. The van der Waals surface area contributed by atoms with Gasteiger partial charge >= 0.3 is 0 Å². The summed E-state index contributed by atoms with van der Waals surface area (Å²) < 4.78 is 41.9. The average Bonchev–Trinajstić information content (AvgIpc) is 3.16. The molecule has 3 rings (SSSR count). The Morgan fingerprint density at radius 3 is 2.38 bits per heavy atom. The Hall–Kier alpha value is -3.46. The molecule has 0 aliphatic heterocycles. The van der Waals surface area contributed by atoms with Gasteiger partial charge in [0.15, 0.2) is 5.76 Å². The Labute approximate surface area is 166 Å². The number of halogens is 1. The molecule has 0 saturated carbocycles. The van der Waals surface area contributed by atoms with Crippen LogP contribution in [0, 0.1) is 5.82 Å². The van der Waals surface area contributed by atoms with Crippen LogP contribution >= 0.6 is 0 Å². The maximum absolute atomic E-state index is 14.1. The van der Waals surface area contributed by atoms with Crippen LogP contribution in [0.1, 0.15) is 16.1 Å². The van der Waals surface area contributed by atoms with E-state index in [1.165, 1.54) is 24.3 Å². The van der Waals surface area contributed by atoms with Crippen molar-refractivity contribution in [2.24, 2.45) is 0 Å². The molecular weight excluding hydrogens is 399 g/mol. The maximum atomic E-state index is 14.1. The Kier molecular flexibility index (Phi) is 5.79. The number of anilines is 2. The first-order valence-corrected chi connectivity index (χ1v) is 10.4. The van der Waals surface area contributed by atoms with Gasteiger partial charge in [0.25, 0.3) is 5.91 Å². The van der Waals surface area contributed by atoms with Gasteiger partial charge < -0.3 is 15.1 Å². The molecule has 0 saturated heterocycles. The van der Waals surface area contributed by atoms with Gasteiger partial charge in [-0.3, -0.25) is 9.59 Å². The fourth-order valence-electron chi connectivity index (χ4n) is 2.51. The highest BCUT2D eigenvalue weighted by molar-refractivity contribution is 7.90. The third-order valence-corrected chi connectivity index (χ3v) is 4.83. The number of nitrogens with one attached hydrogen (secondary N) is 2. The van der Waals surface area contributed by atoms with Gasteiger partial charge in [-0.15, -0.1) is 0 Å². The highest BCUT2D eigenvalue weighted by Gasteiger charge is 2.18. The fourth-order valence-corrected chi connectivity index (χ4v) is 3.07. The number of benzene rings is 2. The monoisotopic (exact) mass is 416 g/mol. The van der Waals surface area contributed by atoms with E-state index in [1.807, 2.05) is 6.07 Å². The third kappa shape index (κ3) is 5.29. The SMILES string of the molecule is CS(=O)(=O)c1ccc(C(=O)Nc2ccc(F)c(NC(=O)Cc3ccccc3)c2)o1. The second-order valence-electron chi connectivity index (χ2n) is 6.25. The summed E-state index contributed by atoms with van der Waals surface area (Å²) in [6, 6.07) is 15.0. The molecule has 0 radical (unpaired) electrons. The van der Waals surface area contributed by atoms with E-state index < -0.39 is 27.5 Å². The maximum Gasteiger partial charge on any atom is 0.291 e. The zero-order valence-corrected chi connectivity index (χ0v) is 16.1.